The normalized spacial score (nSPS) is 10.3. The van der Waals surface area contributed by atoms with E-state index in [1.165, 1.54) is 0 Å². The van der Waals surface area contributed by atoms with Crippen molar-refractivity contribution in [1.29, 1.82) is 0 Å². The maximum atomic E-state index is 10.8. The molecule has 0 unspecified atom stereocenters. The lowest BCUT2D eigenvalue weighted by Gasteiger charge is -2.07. The zero-order valence-corrected chi connectivity index (χ0v) is 10.4. The highest BCUT2D eigenvalue weighted by molar-refractivity contribution is 5.88. The molecule has 0 spiro atoms. The molecule has 1 N–H and O–H groups in total. The van der Waals surface area contributed by atoms with Crippen molar-refractivity contribution in [3.05, 3.63) is 19.1 Å². The molecule has 0 aliphatic carbocycles. The first-order valence-corrected chi connectivity index (χ1v) is 5.64. The van der Waals surface area contributed by atoms with Crippen LogP contribution in [0.15, 0.2) is 12.2 Å². The Morgan fingerprint density at radius 3 is 1.83 bits per heavy atom. The average Bonchev–Trinajstić information content (AvgIpc) is 2.35. The lowest BCUT2D eigenvalue weighted by atomic mass is 10.4. The molecule has 0 amide bonds. The van der Waals surface area contributed by atoms with Crippen molar-refractivity contribution in [2.24, 2.45) is 0 Å². The summed E-state index contributed by atoms with van der Waals surface area (Å²) >= 11 is 0. The standard InChI is InChI=1S/C12H20O6/c1-11(2)12(14)18-10-9-17-8-7-16-6-5-15-4-3-13/h1,13H,2-10H2. The maximum Gasteiger partial charge on any atom is 0.333 e. The third-order valence-electron chi connectivity index (χ3n) is 1.70. The lowest BCUT2D eigenvalue weighted by molar-refractivity contribution is -0.140. The van der Waals surface area contributed by atoms with E-state index in [0.717, 1.165) is 0 Å². The Morgan fingerprint density at radius 1 is 0.944 bits per heavy atom. The quantitative estimate of drug-likeness (QED) is 0.298. The van der Waals surface area contributed by atoms with Gasteiger partial charge in [0.1, 0.15) is 6.61 Å². The molecule has 18 heavy (non-hydrogen) atoms. The van der Waals surface area contributed by atoms with Crippen molar-refractivity contribution >= 4 is 5.97 Å². The molecule has 0 atom stereocenters. The first-order chi connectivity index (χ1) is 8.68. The second kappa shape index (κ2) is 12.5. The third-order valence-corrected chi connectivity index (χ3v) is 1.70. The van der Waals surface area contributed by atoms with Crippen LogP contribution in [0.4, 0.5) is 0 Å². The number of rotatable bonds is 12. The average molecular weight is 260 g/mol. The van der Waals surface area contributed by atoms with Crippen LogP contribution in [0.3, 0.4) is 0 Å². The molecule has 0 saturated carbocycles. The van der Waals surface area contributed by atoms with Crippen molar-refractivity contribution in [1.82, 2.24) is 0 Å². The number of carbonyl (C=O) groups is 1. The molecule has 104 valence electrons. The summed E-state index contributed by atoms with van der Waals surface area (Å²) in [7, 11) is 0. The highest BCUT2D eigenvalue weighted by Crippen LogP contribution is 1.91. The monoisotopic (exact) mass is 260 g/mol. The number of aliphatic hydroxyl groups is 1. The van der Waals surface area contributed by atoms with Gasteiger partial charge in [0.15, 0.2) is 0 Å². The van der Waals surface area contributed by atoms with Gasteiger partial charge in [0.25, 0.3) is 0 Å². The maximum absolute atomic E-state index is 10.8. The van der Waals surface area contributed by atoms with Gasteiger partial charge in [0, 0.05) is 12.5 Å². The van der Waals surface area contributed by atoms with Crippen LogP contribution >= 0.6 is 0 Å². The molecule has 0 aliphatic rings. The molecule has 0 aromatic rings. The Labute approximate surface area is 107 Å². The highest BCUT2D eigenvalue weighted by Gasteiger charge is 2.01. The van der Waals surface area contributed by atoms with Gasteiger partial charge < -0.3 is 24.1 Å². The Kier molecular flexibility index (Phi) is 11.8. The number of ether oxygens (including phenoxy) is 4. The molecule has 0 saturated heterocycles. The summed E-state index contributed by atoms with van der Waals surface area (Å²) in [4.78, 5) is 10.8. The summed E-state index contributed by atoms with van der Waals surface area (Å²) < 4.78 is 20.0. The SMILES string of the molecule is [CH]C(=C)C(=O)OCCOCCOCCOCCO. The smallest absolute Gasteiger partial charge is 0.333 e. The Bertz CT molecular complexity index is 229. The van der Waals surface area contributed by atoms with Gasteiger partial charge in [-0.15, -0.1) is 0 Å². The Hall–Kier alpha value is -0.950. The minimum absolute atomic E-state index is 0.0110. The molecule has 6 heteroatoms. The minimum Gasteiger partial charge on any atom is -0.460 e. The van der Waals surface area contributed by atoms with E-state index in [1.807, 2.05) is 0 Å². The highest BCUT2D eigenvalue weighted by atomic mass is 16.6. The van der Waals surface area contributed by atoms with Crippen molar-refractivity contribution < 1.29 is 28.8 Å². The summed E-state index contributed by atoms with van der Waals surface area (Å²) in [6, 6.07) is 0. The fraction of sp³-hybridized carbons (Fsp3) is 0.667. The van der Waals surface area contributed by atoms with Crippen molar-refractivity contribution in [3.63, 3.8) is 0 Å². The van der Waals surface area contributed by atoms with Gasteiger partial charge >= 0.3 is 5.97 Å². The number of carbonyl (C=O) groups excluding carboxylic acids is 1. The summed E-state index contributed by atoms with van der Waals surface area (Å²) in [6.45, 7) is 10.8. The van der Waals surface area contributed by atoms with E-state index >= 15 is 0 Å². The molecule has 0 aromatic carbocycles. The first-order valence-electron chi connectivity index (χ1n) is 5.64. The summed E-state index contributed by atoms with van der Waals surface area (Å²) in [5.74, 6) is -0.629. The molecule has 0 aliphatic heterocycles. The van der Waals surface area contributed by atoms with Crippen LogP contribution in [0, 0.1) is 6.92 Å². The van der Waals surface area contributed by atoms with E-state index < -0.39 is 5.97 Å². The van der Waals surface area contributed by atoms with E-state index in [0.29, 0.717) is 33.0 Å². The van der Waals surface area contributed by atoms with Crippen LogP contribution in [0.2, 0.25) is 0 Å². The predicted molar refractivity (Wildman–Crippen MR) is 63.9 cm³/mol. The summed E-state index contributed by atoms with van der Waals surface area (Å²) in [5, 5.41) is 8.43. The molecular formula is C12H20O6. The number of aliphatic hydroxyl groups excluding tert-OH is 1. The van der Waals surface area contributed by atoms with Gasteiger partial charge in [0.2, 0.25) is 0 Å². The van der Waals surface area contributed by atoms with E-state index in [1.54, 1.807) is 0 Å². The molecule has 0 bridgehead atoms. The Morgan fingerprint density at radius 2 is 1.39 bits per heavy atom. The van der Waals surface area contributed by atoms with Gasteiger partial charge in [-0.2, -0.15) is 0 Å². The van der Waals surface area contributed by atoms with Gasteiger partial charge in [-0.05, 0) is 0 Å². The molecule has 0 aromatic heterocycles. The van der Waals surface area contributed by atoms with Crippen molar-refractivity contribution in [2.75, 3.05) is 52.9 Å². The van der Waals surface area contributed by atoms with Gasteiger partial charge in [0.05, 0.1) is 46.2 Å². The topological polar surface area (TPSA) is 74.2 Å². The summed E-state index contributed by atoms with van der Waals surface area (Å²) in [6.07, 6.45) is 0. The zero-order valence-electron chi connectivity index (χ0n) is 10.4. The van der Waals surface area contributed by atoms with Crippen LogP contribution in [0.1, 0.15) is 0 Å². The van der Waals surface area contributed by atoms with Gasteiger partial charge in [-0.1, -0.05) is 6.58 Å². The molecule has 0 heterocycles. The fourth-order valence-electron chi connectivity index (χ4n) is 0.892. The molecular weight excluding hydrogens is 240 g/mol. The van der Waals surface area contributed by atoms with Crippen LogP contribution in [-0.2, 0) is 23.7 Å². The second-order valence-corrected chi connectivity index (χ2v) is 3.22. The van der Waals surface area contributed by atoms with Crippen molar-refractivity contribution in [3.8, 4) is 0 Å². The Balaban J connectivity index is 3.07. The van der Waals surface area contributed by atoms with Crippen LogP contribution in [0.5, 0.6) is 0 Å². The minimum atomic E-state index is -0.629. The second-order valence-electron chi connectivity index (χ2n) is 3.22. The van der Waals surface area contributed by atoms with Gasteiger partial charge in [-0.3, -0.25) is 0 Å². The first kappa shape index (κ1) is 17.1. The van der Waals surface area contributed by atoms with E-state index in [4.69, 9.17) is 31.0 Å². The van der Waals surface area contributed by atoms with Gasteiger partial charge in [-0.25, -0.2) is 4.79 Å². The largest absolute Gasteiger partial charge is 0.460 e. The lowest BCUT2D eigenvalue weighted by Crippen LogP contribution is -2.14. The number of hydrogen-bond donors (Lipinski definition) is 1. The molecule has 2 radical (unpaired) electrons. The van der Waals surface area contributed by atoms with Crippen LogP contribution in [-0.4, -0.2) is 63.9 Å². The molecule has 0 fully saturated rings. The summed E-state index contributed by atoms with van der Waals surface area (Å²) in [5.41, 5.74) is -0.124. The van der Waals surface area contributed by atoms with E-state index in [-0.39, 0.29) is 25.4 Å². The zero-order chi connectivity index (χ0) is 13.6. The van der Waals surface area contributed by atoms with Crippen LogP contribution < -0.4 is 0 Å². The van der Waals surface area contributed by atoms with E-state index in [9.17, 15) is 4.79 Å². The fourth-order valence-corrected chi connectivity index (χ4v) is 0.892. The number of esters is 1. The van der Waals surface area contributed by atoms with E-state index in [2.05, 4.69) is 6.58 Å². The number of hydrogen-bond acceptors (Lipinski definition) is 6. The predicted octanol–water partition coefficient (Wildman–Crippen LogP) is -0.161. The third kappa shape index (κ3) is 11.5. The van der Waals surface area contributed by atoms with Crippen molar-refractivity contribution in [2.45, 2.75) is 0 Å². The molecule has 6 nitrogen and oxygen atoms in total. The van der Waals surface area contributed by atoms with Crippen LogP contribution in [0.25, 0.3) is 0 Å². The molecule has 0 rings (SSSR count).